The summed E-state index contributed by atoms with van der Waals surface area (Å²) in [5, 5.41) is 15.0. The number of ether oxygens (including phenoxy) is 1. The molecule has 1 amide bonds. The highest BCUT2D eigenvalue weighted by Gasteiger charge is 2.18. The van der Waals surface area contributed by atoms with E-state index in [1.165, 1.54) is 12.4 Å². The molecule has 9 heteroatoms. The van der Waals surface area contributed by atoms with Gasteiger partial charge >= 0.3 is 0 Å². The summed E-state index contributed by atoms with van der Waals surface area (Å²) in [6.07, 6.45) is 2.62. The first kappa shape index (κ1) is 23.3. The number of methoxy groups -OCH3 is 1. The predicted octanol–water partition coefficient (Wildman–Crippen LogP) is 3.16. The van der Waals surface area contributed by atoms with Crippen LogP contribution in [0.1, 0.15) is 11.1 Å². The molecule has 3 aromatic rings. The Labute approximate surface area is 192 Å². The molecule has 0 bridgehead atoms. The fourth-order valence-electron chi connectivity index (χ4n) is 3.35. The second-order valence-corrected chi connectivity index (χ2v) is 6.98. The number of carbonyl (C=O) groups excluding carboxylic acids is 1. The van der Waals surface area contributed by atoms with Crippen molar-refractivity contribution in [2.45, 2.75) is 0 Å². The van der Waals surface area contributed by atoms with E-state index in [2.05, 4.69) is 27.2 Å². The van der Waals surface area contributed by atoms with E-state index in [9.17, 15) is 4.79 Å². The molecule has 0 aliphatic rings. The molecule has 1 heterocycles. The van der Waals surface area contributed by atoms with Crippen LogP contribution in [-0.2, 0) is 4.79 Å². The van der Waals surface area contributed by atoms with E-state index in [4.69, 9.17) is 15.9 Å². The zero-order valence-electron chi connectivity index (χ0n) is 18.6. The molecule has 5 N–H and O–H groups in total. The van der Waals surface area contributed by atoms with Gasteiger partial charge in [-0.1, -0.05) is 24.8 Å². The van der Waals surface area contributed by atoms with Crippen LogP contribution < -0.4 is 26.0 Å². The minimum atomic E-state index is -0.212. The third-order valence-corrected chi connectivity index (χ3v) is 5.02. The summed E-state index contributed by atoms with van der Waals surface area (Å²) in [6.45, 7) is 4.32. The molecule has 0 aliphatic carbocycles. The Bertz CT molecular complexity index is 1150. The molecule has 2 aromatic carbocycles. The molecule has 170 valence electrons. The van der Waals surface area contributed by atoms with Gasteiger partial charge in [0, 0.05) is 31.4 Å². The fourth-order valence-corrected chi connectivity index (χ4v) is 3.35. The zero-order chi connectivity index (χ0) is 23.8. The molecule has 0 saturated heterocycles. The molecule has 0 unspecified atom stereocenters. The number of nitrogens with two attached hydrogens (primary N) is 1. The number of hydrogen-bond acceptors (Lipinski definition) is 8. The first-order valence-electron chi connectivity index (χ1n) is 10.3. The Morgan fingerprint density at radius 2 is 2.00 bits per heavy atom. The molecule has 0 fully saturated rings. The summed E-state index contributed by atoms with van der Waals surface area (Å²) in [6, 6.07) is 14.7. The zero-order valence-corrected chi connectivity index (χ0v) is 18.6. The van der Waals surface area contributed by atoms with Gasteiger partial charge in [-0.05, 0) is 36.4 Å². The smallest absolute Gasteiger partial charge is 0.250 e. The number of nitrogens with one attached hydrogen (secondary N) is 3. The number of rotatable bonds is 10. The molecule has 9 nitrogen and oxygen atoms in total. The lowest BCUT2D eigenvalue weighted by molar-refractivity contribution is -0.114. The number of carbonyl (C=O) groups is 1. The van der Waals surface area contributed by atoms with E-state index in [1.54, 1.807) is 37.3 Å². The van der Waals surface area contributed by atoms with Crippen molar-refractivity contribution in [3.8, 4) is 5.75 Å². The molecule has 0 radical (unpaired) electrons. The topological polar surface area (TPSA) is 129 Å². The molecular weight excluding hydrogens is 418 g/mol. The van der Waals surface area contributed by atoms with Gasteiger partial charge in [0.25, 0.3) is 0 Å². The summed E-state index contributed by atoms with van der Waals surface area (Å²) in [7, 11) is 3.36. The van der Waals surface area contributed by atoms with Gasteiger partial charge < -0.3 is 26.0 Å². The second kappa shape index (κ2) is 10.8. The van der Waals surface area contributed by atoms with Crippen molar-refractivity contribution in [1.82, 2.24) is 9.97 Å². The lowest BCUT2D eigenvalue weighted by Crippen LogP contribution is -2.34. The summed E-state index contributed by atoms with van der Waals surface area (Å²) in [4.78, 5) is 22.3. The van der Waals surface area contributed by atoms with Crippen molar-refractivity contribution < 1.29 is 9.53 Å². The van der Waals surface area contributed by atoms with Crippen LogP contribution in [0.25, 0.3) is 0 Å². The minimum absolute atomic E-state index is 0.164. The Morgan fingerprint density at radius 3 is 2.67 bits per heavy atom. The molecule has 0 spiro atoms. The van der Waals surface area contributed by atoms with Gasteiger partial charge in [0.05, 0.1) is 24.1 Å². The average molecular weight is 446 g/mol. The highest BCUT2D eigenvalue weighted by Crippen LogP contribution is 2.28. The second-order valence-electron chi connectivity index (χ2n) is 6.98. The standard InChI is InChI=1S/C24H27N7O2/c1-4-20(32)31(17-8-6-5-7-9-17)13-12-28-24-21(23(26)29-15-30-24)22(25)16-10-11-19(33-3)18(14-16)27-2/h4-11,14-15,25,27H,1,12-13H2,2-3H3,(H3,26,28,29,30). The highest BCUT2D eigenvalue weighted by molar-refractivity contribution is 6.16. The lowest BCUT2D eigenvalue weighted by atomic mass is 10.0. The van der Waals surface area contributed by atoms with Gasteiger partial charge in [-0.3, -0.25) is 10.2 Å². The maximum absolute atomic E-state index is 12.4. The van der Waals surface area contributed by atoms with E-state index in [-0.39, 0.29) is 17.4 Å². The van der Waals surface area contributed by atoms with Gasteiger partial charge in [0.2, 0.25) is 5.91 Å². The fraction of sp³-hybridized carbons (Fsp3) is 0.167. The maximum atomic E-state index is 12.4. The first-order valence-corrected chi connectivity index (χ1v) is 10.3. The number of aromatic nitrogens is 2. The third kappa shape index (κ3) is 5.27. The van der Waals surface area contributed by atoms with Crippen molar-refractivity contribution >= 4 is 34.6 Å². The summed E-state index contributed by atoms with van der Waals surface area (Å²) in [5.41, 5.74) is 8.80. The molecular formula is C24H27N7O2. The van der Waals surface area contributed by atoms with Crippen molar-refractivity contribution in [2.75, 3.05) is 48.5 Å². The molecule has 33 heavy (non-hydrogen) atoms. The largest absolute Gasteiger partial charge is 0.495 e. The Kier molecular flexibility index (Phi) is 7.59. The van der Waals surface area contributed by atoms with E-state index in [0.29, 0.717) is 35.8 Å². The van der Waals surface area contributed by atoms with Crippen molar-refractivity contribution in [3.05, 3.63) is 78.6 Å². The summed E-state index contributed by atoms with van der Waals surface area (Å²) < 4.78 is 5.33. The van der Waals surface area contributed by atoms with E-state index >= 15 is 0 Å². The van der Waals surface area contributed by atoms with Crippen LogP contribution in [-0.4, -0.2) is 48.8 Å². The van der Waals surface area contributed by atoms with Crippen LogP contribution in [0.5, 0.6) is 5.75 Å². The van der Waals surface area contributed by atoms with Gasteiger partial charge in [-0.15, -0.1) is 0 Å². The number of amides is 1. The maximum Gasteiger partial charge on any atom is 0.250 e. The van der Waals surface area contributed by atoms with Crippen LogP contribution in [0.3, 0.4) is 0 Å². The van der Waals surface area contributed by atoms with Crippen molar-refractivity contribution in [2.24, 2.45) is 0 Å². The highest BCUT2D eigenvalue weighted by atomic mass is 16.5. The lowest BCUT2D eigenvalue weighted by Gasteiger charge is -2.22. The molecule has 1 aromatic heterocycles. The van der Waals surface area contributed by atoms with Crippen LogP contribution >= 0.6 is 0 Å². The van der Waals surface area contributed by atoms with Crippen LogP contribution in [0, 0.1) is 5.41 Å². The SMILES string of the molecule is C=CC(=O)N(CCNc1ncnc(N)c1C(=N)c1ccc(OC)c(NC)c1)c1ccccc1. The predicted molar refractivity (Wildman–Crippen MR) is 132 cm³/mol. The normalized spacial score (nSPS) is 10.2. The molecule has 0 aliphatic heterocycles. The summed E-state index contributed by atoms with van der Waals surface area (Å²) >= 11 is 0. The number of benzene rings is 2. The Balaban J connectivity index is 1.83. The van der Waals surface area contributed by atoms with E-state index in [0.717, 1.165) is 11.4 Å². The van der Waals surface area contributed by atoms with Crippen LogP contribution in [0.4, 0.5) is 23.0 Å². The number of nitrogen functional groups attached to an aromatic ring is 1. The van der Waals surface area contributed by atoms with E-state index in [1.807, 2.05) is 30.3 Å². The Morgan fingerprint density at radius 1 is 1.24 bits per heavy atom. The summed E-state index contributed by atoms with van der Waals surface area (Å²) in [5.74, 6) is 1.04. The molecule has 0 saturated carbocycles. The van der Waals surface area contributed by atoms with Crippen molar-refractivity contribution in [1.29, 1.82) is 5.41 Å². The van der Waals surface area contributed by atoms with Crippen LogP contribution in [0.2, 0.25) is 0 Å². The first-order chi connectivity index (χ1) is 16.0. The monoisotopic (exact) mass is 445 g/mol. The number of hydrogen-bond donors (Lipinski definition) is 4. The molecule has 3 rings (SSSR count). The molecule has 0 atom stereocenters. The van der Waals surface area contributed by atoms with Gasteiger partial charge in [-0.2, -0.15) is 0 Å². The van der Waals surface area contributed by atoms with Gasteiger partial charge in [0.15, 0.2) is 0 Å². The number of anilines is 4. The third-order valence-electron chi connectivity index (χ3n) is 5.02. The van der Waals surface area contributed by atoms with Gasteiger partial charge in [-0.25, -0.2) is 9.97 Å². The average Bonchev–Trinajstić information content (AvgIpc) is 2.86. The number of nitrogens with zero attached hydrogens (tertiary/aromatic N) is 3. The van der Waals surface area contributed by atoms with Crippen LogP contribution in [0.15, 0.2) is 67.5 Å². The van der Waals surface area contributed by atoms with E-state index < -0.39 is 0 Å². The number of para-hydroxylation sites is 1. The van der Waals surface area contributed by atoms with Crippen molar-refractivity contribution in [3.63, 3.8) is 0 Å². The quantitative estimate of drug-likeness (QED) is 0.279. The Hall–Kier alpha value is -4.40. The minimum Gasteiger partial charge on any atom is -0.495 e. The van der Waals surface area contributed by atoms with Gasteiger partial charge in [0.1, 0.15) is 23.7 Å².